The minimum atomic E-state index is -4.87. The van der Waals surface area contributed by atoms with Crippen LogP contribution in [0.2, 0.25) is 0 Å². The molecule has 3 aliphatic rings. The molecule has 13 heteroatoms. The van der Waals surface area contributed by atoms with Gasteiger partial charge in [0, 0.05) is 12.6 Å². The van der Waals surface area contributed by atoms with Crippen molar-refractivity contribution >= 4 is 28.2 Å². The number of carbonyl (C=O) groups excluding carboxylic acids is 3. The molecule has 12 nitrogen and oxygen atoms in total. The van der Waals surface area contributed by atoms with Crippen LogP contribution in [0.4, 0.5) is 4.79 Å². The number of carbonyl (C=O) groups is 3. The lowest BCUT2D eigenvalue weighted by Crippen LogP contribution is -2.55. The summed E-state index contributed by atoms with van der Waals surface area (Å²) < 4.78 is 34.6. The van der Waals surface area contributed by atoms with Crippen molar-refractivity contribution in [1.82, 2.24) is 15.0 Å². The topological polar surface area (TPSA) is 177 Å². The summed E-state index contributed by atoms with van der Waals surface area (Å²) in [7, 11) is -4.87. The minimum Gasteiger partial charge on any atom is -0.327 e. The summed E-state index contributed by atoms with van der Waals surface area (Å²) in [5.41, 5.74) is 5.56. The van der Waals surface area contributed by atoms with E-state index in [4.69, 9.17) is 16.1 Å². The predicted octanol–water partition coefficient (Wildman–Crippen LogP) is -2.43. The van der Waals surface area contributed by atoms with Crippen LogP contribution in [-0.4, -0.2) is 70.5 Å². The van der Waals surface area contributed by atoms with Crippen LogP contribution in [0.3, 0.4) is 0 Å². The Labute approximate surface area is 137 Å². The van der Waals surface area contributed by atoms with E-state index in [1.807, 2.05) is 0 Å². The Balaban J connectivity index is 1.71. The molecule has 4 amide bonds. The second kappa shape index (κ2) is 5.63. The number of hydrogen-bond acceptors (Lipinski definition) is 8. The first-order valence-electron chi connectivity index (χ1n) is 7.25. The molecule has 0 radical (unpaired) electrons. The molecule has 2 bridgehead atoms. The van der Waals surface area contributed by atoms with Gasteiger partial charge in [-0.1, -0.05) is 0 Å². The molecule has 0 spiro atoms. The molecule has 1 saturated carbocycles. The van der Waals surface area contributed by atoms with Crippen molar-refractivity contribution in [3.63, 3.8) is 0 Å². The highest BCUT2D eigenvalue weighted by atomic mass is 32.3. The molecule has 4 atom stereocenters. The zero-order valence-electron chi connectivity index (χ0n) is 12.4. The van der Waals surface area contributed by atoms with Crippen LogP contribution < -0.4 is 11.6 Å². The van der Waals surface area contributed by atoms with Gasteiger partial charge in [-0.3, -0.25) is 14.1 Å². The molecule has 0 aromatic carbocycles. The van der Waals surface area contributed by atoms with E-state index >= 15 is 0 Å². The third kappa shape index (κ3) is 2.95. The number of hydrogen-bond donors (Lipinski definition) is 3. The first-order chi connectivity index (χ1) is 11.1. The van der Waals surface area contributed by atoms with Gasteiger partial charge in [0.05, 0.1) is 12.0 Å². The third-order valence-electron chi connectivity index (χ3n) is 4.41. The summed E-state index contributed by atoms with van der Waals surface area (Å²) >= 11 is 0. The number of hydroxylamine groups is 2. The zero-order chi connectivity index (χ0) is 17.8. The van der Waals surface area contributed by atoms with E-state index in [1.165, 1.54) is 0 Å². The first-order valence-corrected chi connectivity index (χ1v) is 8.61. The highest BCUT2D eigenvalue weighted by Crippen LogP contribution is 2.33. The van der Waals surface area contributed by atoms with E-state index in [2.05, 4.69) is 4.28 Å². The molecule has 2 heterocycles. The van der Waals surface area contributed by atoms with Gasteiger partial charge in [0.25, 0.3) is 5.91 Å². The monoisotopic (exact) mass is 363 g/mol. The number of hydrazine groups is 1. The third-order valence-corrected chi connectivity index (χ3v) is 4.76. The van der Waals surface area contributed by atoms with Gasteiger partial charge in [-0.05, 0) is 19.3 Å². The summed E-state index contributed by atoms with van der Waals surface area (Å²) in [6.07, 6.45) is 0.878. The Hall–Kier alpha value is -1.80. The second-order valence-corrected chi connectivity index (χ2v) is 7.07. The molecule has 3 rings (SSSR count). The van der Waals surface area contributed by atoms with Crippen molar-refractivity contribution in [1.29, 1.82) is 0 Å². The Morgan fingerprint density at radius 3 is 2.46 bits per heavy atom. The average molecular weight is 363 g/mol. The van der Waals surface area contributed by atoms with E-state index in [1.54, 1.807) is 0 Å². The number of nitrogens with two attached hydrogens (primary N) is 2. The Kier molecular flexibility index (Phi) is 4.00. The standard InChI is InChI=1S/C11H17N5O7S/c12-7-3-6(7)9(17)15(13)10(18)8-2-1-5-4-14(8)11(19)16(5)23-24(20,21)22/h5-8H,1-4,12-13H2,(H,20,21,22)/t5-,6?,7?,8+/m1/s1. The van der Waals surface area contributed by atoms with Crippen LogP contribution in [0.25, 0.3) is 0 Å². The predicted molar refractivity (Wildman–Crippen MR) is 75.5 cm³/mol. The summed E-state index contributed by atoms with van der Waals surface area (Å²) in [5, 5.41) is 0.990. The van der Waals surface area contributed by atoms with Gasteiger partial charge in [-0.2, -0.15) is 13.5 Å². The maximum absolute atomic E-state index is 12.4. The number of rotatable bonds is 4. The van der Waals surface area contributed by atoms with Crippen LogP contribution in [0.1, 0.15) is 19.3 Å². The maximum atomic E-state index is 12.4. The van der Waals surface area contributed by atoms with Gasteiger partial charge >= 0.3 is 16.4 Å². The van der Waals surface area contributed by atoms with Crippen molar-refractivity contribution in [2.75, 3.05) is 6.54 Å². The van der Waals surface area contributed by atoms with Crippen LogP contribution in [0.5, 0.6) is 0 Å². The highest BCUT2D eigenvalue weighted by molar-refractivity contribution is 7.80. The number of amides is 4. The molecular weight excluding hydrogens is 346 g/mol. The molecule has 134 valence electrons. The molecule has 5 N–H and O–H groups in total. The van der Waals surface area contributed by atoms with Gasteiger partial charge in [-0.25, -0.2) is 15.6 Å². The van der Waals surface area contributed by atoms with E-state index in [0.29, 0.717) is 16.5 Å². The number of fused-ring (bicyclic) bond motifs is 2. The normalized spacial score (nSPS) is 32.0. The molecule has 24 heavy (non-hydrogen) atoms. The molecule has 0 aromatic heterocycles. The van der Waals surface area contributed by atoms with Gasteiger partial charge in [0.1, 0.15) is 6.04 Å². The van der Waals surface area contributed by atoms with Crippen molar-refractivity contribution < 1.29 is 31.6 Å². The van der Waals surface area contributed by atoms with Gasteiger partial charge in [-0.15, -0.1) is 4.28 Å². The number of urea groups is 1. The van der Waals surface area contributed by atoms with E-state index < -0.39 is 46.2 Å². The molecule has 1 aliphatic carbocycles. The minimum absolute atomic E-state index is 0.0235. The van der Waals surface area contributed by atoms with Crippen LogP contribution in [0, 0.1) is 5.92 Å². The van der Waals surface area contributed by atoms with E-state index in [9.17, 15) is 22.8 Å². The van der Waals surface area contributed by atoms with Crippen molar-refractivity contribution in [3.8, 4) is 0 Å². The molecule has 0 aromatic rings. The molecule has 2 saturated heterocycles. The quantitative estimate of drug-likeness (QED) is 0.161. The summed E-state index contributed by atoms with van der Waals surface area (Å²) in [6.45, 7) is 0.0235. The lowest BCUT2D eigenvalue weighted by atomic mass is 10.00. The summed E-state index contributed by atoms with van der Waals surface area (Å²) in [6, 6.07) is -2.84. The molecule has 2 aliphatic heterocycles. The Bertz CT molecular complexity index is 697. The first kappa shape index (κ1) is 17.0. The smallest absolute Gasteiger partial charge is 0.327 e. The number of nitrogens with zero attached hydrogens (tertiary/aromatic N) is 3. The van der Waals surface area contributed by atoms with Gasteiger partial charge < -0.3 is 10.6 Å². The average Bonchev–Trinajstić information content (AvgIpc) is 3.20. The Morgan fingerprint density at radius 2 is 1.92 bits per heavy atom. The van der Waals surface area contributed by atoms with Crippen molar-refractivity contribution in [2.45, 2.75) is 37.4 Å². The van der Waals surface area contributed by atoms with Gasteiger partial charge in [0.15, 0.2) is 0 Å². The maximum Gasteiger partial charge on any atom is 0.418 e. The Morgan fingerprint density at radius 1 is 1.29 bits per heavy atom. The summed E-state index contributed by atoms with van der Waals surface area (Å²) in [5.74, 6) is 3.70. The molecule has 3 fully saturated rings. The highest BCUT2D eigenvalue weighted by Gasteiger charge is 2.51. The van der Waals surface area contributed by atoms with E-state index in [0.717, 1.165) is 4.90 Å². The second-order valence-electron chi connectivity index (χ2n) is 6.06. The zero-order valence-corrected chi connectivity index (χ0v) is 13.3. The SMILES string of the molecule is NC1CC1C(=O)N(N)C(=O)[C@@H]1CC[C@@H]2CN1C(=O)N2OS(=O)(=O)O. The fourth-order valence-electron chi connectivity index (χ4n) is 3.03. The van der Waals surface area contributed by atoms with Crippen LogP contribution in [-0.2, 0) is 24.3 Å². The fraction of sp³-hybridized carbons (Fsp3) is 0.727. The molecular formula is C11H17N5O7S. The van der Waals surface area contributed by atoms with Crippen LogP contribution in [0.15, 0.2) is 0 Å². The van der Waals surface area contributed by atoms with Crippen molar-refractivity contribution in [3.05, 3.63) is 0 Å². The fourth-order valence-corrected chi connectivity index (χ4v) is 3.42. The van der Waals surface area contributed by atoms with Crippen LogP contribution >= 0.6 is 0 Å². The van der Waals surface area contributed by atoms with E-state index in [-0.39, 0.29) is 25.4 Å². The van der Waals surface area contributed by atoms with Crippen molar-refractivity contribution in [2.24, 2.45) is 17.5 Å². The van der Waals surface area contributed by atoms with Gasteiger partial charge in [0.2, 0.25) is 5.91 Å². The largest absolute Gasteiger partial charge is 0.418 e. The lowest BCUT2D eigenvalue weighted by molar-refractivity contribution is -0.149. The summed E-state index contributed by atoms with van der Waals surface area (Å²) in [4.78, 5) is 37.7. The lowest BCUT2D eigenvalue weighted by Gasteiger charge is -2.31. The number of imide groups is 1. The molecule has 2 unspecified atom stereocenters. The number of piperidine rings is 1.